The van der Waals surface area contributed by atoms with Gasteiger partial charge in [-0.05, 0) is 45.5 Å². The SMILES string of the molecule is CCN(c1cc(CNC)cc(C)n1)C(C)COC. The van der Waals surface area contributed by atoms with Crippen molar-refractivity contribution in [1.29, 1.82) is 0 Å². The third-order valence-corrected chi connectivity index (χ3v) is 2.96. The molecule has 1 atom stereocenters. The number of aromatic nitrogens is 1. The molecule has 0 aliphatic heterocycles. The molecule has 0 bridgehead atoms. The van der Waals surface area contributed by atoms with E-state index in [9.17, 15) is 0 Å². The van der Waals surface area contributed by atoms with Crippen molar-refractivity contribution >= 4 is 5.82 Å². The molecule has 4 nitrogen and oxygen atoms in total. The number of hydrogen-bond donors (Lipinski definition) is 1. The zero-order valence-electron chi connectivity index (χ0n) is 12.2. The molecular formula is C14H25N3O. The first kappa shape index (κ1) is 14.9. The Bertz CT molecular complexity index is 368. The van der Waals surface area contributed by atoms with Gasteiger partial charge in [0.2, 0.25) is 0 Å². The second kappa shape index (κ2) is 7.34. The molecule has 0 fully saturated rings. The number of rotatable bonds is 7. The van der Waals surface area contributed by atoms with Gasteiger partial charge in [-0.2, -0.15) is 0 Å². The fraction of sp³-hybridized carbons (Fsp3) is 0.643. The normalized spacial score (nSPS) is 12.5. The van der Waals surface area contributed by atoms with Crippen molar-refractivity contribution in [2.75, 3.05) is 32.2 Å². The second-order valence-electron chi connectivity index (χ2n) is 4.60. The molecule has 1 aromatic rings. The average Bonchev–Trinajstić information content (AvgIpc) is 2.30. The standard InChI is InChI=1S/C14H25N3O/c1-6-17(12(3)10-18-5)14-8-13(9-15-4)7-11(2)16-14/h7-8,12,15H,6,9-10H2,1-5H3. The van der Waals surface area contributed by atoms with Crippen LogP contribution in [0.2, 0.25) is 0 Å². The van der Waals surface area contributed by atoms with Crippen molar-refractivity contribution in [3.8, 4) is 0 Å². The summed E-state index contributed by atoms with van der Waals surface area (Å²) in [4.78, 5) is 6.91. The van der Waals surface area contributed by atoms with Gasteiger partial charge in [0.15, 0.2) is 0 Å². The Morgan fingerprint density at radius 1 is 1.44 bits per heavy atom. The van der Waals surface area contributed by atoms with Crippen LogP contribution in [0.5, 0.6) is 0 Å². The molecular weight excluding hydrogens is 226 g/mol. The first-order valence-corrected chi connectivity index (χ1v) is 6.50. The summed E-state index contributed by atoms with van der Waals surface area (Å²) in [7, 11) is 3.70. The molecule has 1 N–H and O–H groups in total. The Hall–Kier alpha value is -1.13. The third-order valence-electron chi connectivity index (χ3n) is 2.96. The lowest BCUT2D eigenvalue weighted by Crippen LogP contribution is -2.36. The van der Waals surface area contributed by atoms with E-state index in [2.05, 4.69) is 41.2 Å². The fourth-order valence-electron chi connectivity index (χ4n) is 2.20. The summed E-state index contributed by atoms with van der Waals surface area (Å²) in [5.74, 6) is 1.03. The van der Waals surface area contributed by atoms with Crippen LogP contribution in [0.3, 0.4) is 0 Å². The Kier molecular flexibility index (Phi) is 6.09. The highest BCUT2D eigenvalue weighted by Gasteiger charge is 2.14. The zero-order chi connectivity index (χ0) is 13.5. The number of methoxy groups -OCH3 is 1. The van der Waals surface area contributed by atoms with E-state index in [0.717, 1.165) is 24.6 Å². The Labute approximate surface area is 110 Å². The number of nitrogens with one attached hydrogen (secondary N) is 1. The van der Waals surface area contributed by atoms with Crippen molar-refractivity contribution in [3.63, 3.8) is 0 Å². The van der Waals surface area contributed by atoms with Crippen molar-refractivity contribution < 1.29 is 4.74 Å². The monoisotopic (exact) mass is 251 g/mol. The number of hydrogen-bond acceptors (Lipinski definition) is 4. The molecule has 0 aromatic carbocycles. The summed E-state index contributed by atoms with van der Waals surface area (Å²) in [6.07, 6.45) is 0. The summed E-state index contributed by atoms with van der Waals surface area (Å²) in [5.41, 5.74) is 2.32. The van der Waals surface area contributed by atoms with Gasteiger partial charge in [0.05, 0.1) is 12.6 Å². The molecule has 1 heterocycles. The highest BCUT2D eigenvalue weighted by molar-refractivity contribution is 5.43. The van der Waals surface area contributed by atoms with E-state index >= 15 is 0 Å². The van der Waals surface area contributed by atoms with E-state index in [0.29, 0.717) is 12.6 Å². The van der Waals surface area contributed by atoms with Crippen LogP contribution in [0.1, 0.15) is 25.1 Å². The lowest BCUT2D eigenvalue weighted by Gasteiger charge is -2.29. The maximum atomic E-state index is 5.23. The summed E-state index contributed by atoms with van der Waals surface area (Å²) in [6.45, 7) is 8.86. The molecule has 1 aromatic heterocycles. The largest absolute Gasteiger partial charge is 0.383 e. The van der Waals surface area contributed by atoms with Crippen LogP contribution in [-0.4, -0.2) is 38.3 Å². The van der Waals surface area contributed by atoms with Crippen LogP contribution in [0.25, 0.3) is 0 Å². The molecule has 0 amide bonds. The lowest BCUT2D eigenvalue weighted by atomic mass is 10.2. The third kappa shape index (κ3) is 3.96. The topological polar surface area (TPSA) is 37.4 Å². The number of ether oxygens (including phenoxy) is 1. The molecule has 1 unspecified atom stereocenters. The summed E-state index contributed by atoms with van der Waals surface area (Å²) < 4.78 is 5.23. The molecule has 0 aliphatic rings. The second-order valence-corrected chi connectivity index (χ2v) is 4.60. The van der Waals surface area contributed by atoms with E-state index in [4.69, 9.17) is 4.74 Å². The summed E-state index contributed by atoms with van der Waals surface area (Å²) >= 11 is 0. The van der Waals surface area contributed by atoms with Gasteiger partial charge in [-0.15, -0.1) is 0 Å². The number of nitrogens with zero attached hydrogens (tertiary/aromatic N) is 2. The summed E-state index contributed by atoms with van der Waals surface area (Å²) in [5, 5.41) is 3.18. The number of aryl methyl sites for hydroxylation is 1. The minimum Gasteiger partial charge on any atom is -0.383 e. The van der Waals surface area contributed by atoms with Gasteiger partial charge in [-0.25, -0.2) is 4.98 Å². The van der Waals surface area contributed by atoms with Crippen LogP contribution in [0, 0.1) is 6.92 Å². The van der Waals surface area contributed by atoms with Crippen LogP contribution in [0.4, 0.5) is 5.82 Å². The first-order chi connectivity index (χ1) is 8.62. The van der Waals surface area contributed by atoms with Gasteiger partial charge >= 0.3 is 0 Å². The van der Waals surface area contributed by atoms with Crippen LogP contribution >= 0.6 is 0 Å². The van der Waals surface area contributed by atoms with E-state index < -0.39 is 0 Å². The van der Waals surface area contributed by atoms with E-state index in [1.807, 2.05) is 14.0 Å². The van der Waals surface area contributed by atoms with Gasteiger partial charge in [0.25, 0.3) is 0 Å². The van der Waals surface area contributed by atoms with Gasteiger partial charge in [-0.1, -0.05) is 0 Å². The Morgan fingerprint density at radius 3 is 2.72 bits per heavy atom. The van der Waals surface area contributed by atoms with Crippen molar-refractivity contribution in [3.05, 3.63) is 23.4 Å². The molecule has 0 saturated heterocycles. The van der Waals surface area contributed by atoms with E-state index in [-0.39, 0.29) is 0 Å². The van der Waals surface area contributed by atoms with E-state index in [1.165, 1.54) is 5.56 Å². The van der Waals surface area contributed by atoms with Gasteiger partial charge in [-0.3, -0.25) is 0 Å². The van der Waals surface area contributed by atoms with E-state index in [1.54, 1.807) is 7.11 Å². The number of pyridine rings is 1. The molecule has 0 aliphatic carbocycles. The number of likely N-dealkylation sites (N-methyl/N-ethyl adjacent to an activating group) is 1. The maximum absolute atomic E-state index is 5.23. The van der Waals surface area contributed by atoms with Crippen LogP contribution in [-0.2, 0) is 11.3 Å². The maximum Gasteiger partial charge on any atom is 0.129 e. The van der Waals surface area contributed by atoms with Crippen molar-refractivity contribution in [2.45, 2.75) is 33.4 Å². The van der Waals surface area contributed by atoms with Crippen molar-refractivity contribution in [1.82, 2.24) is 10.3 Å². The molecule has 1 rings (SSSR count). The fourth-order valence-corrected chi connectivity index (χ4v) is 2.20. The van der Waals surface area contributed by atoms with Crippen LogP contribution < -0.4 is 10.2 Å². The van der Waals surface area contributed by atoms with Crippen LogP contribution in [0.15, 0.2) is 12.1 Å². The molecule has 4 heteroatoms. The highest BCUT2D eigenvalue weighted by atomic mass is 16.5. The highest BCUT2D eigenvalue weighted by Crippen LogP contribution is 2.17. The summed E-state index contributed by atoms with van der Waals surface area (Å²) in [6, 6.07) is 4.60. The van der Waals surface area contributed by atoms with Crippen molar-refractivity contribution in [2.24, 2.45) is 0 Å². The molecule has 18 heavy (non-hydrogen) atoms. The molecule has 0 spiro atoms. The Morgan fingerprint density at radius 2 is 2.17 bits per heavy atom. The zero-order valence-corrected chi connectivity index (χ0v) is 12.2. The molecule has 0 radical (unpaired) electrons. The first-order valence-electron chi connectivity index (χ1n) is 6.50. The quantitative estimate of drug-likeness (QED) is 0.804. The molecule has 0 saturated carbocycles. The predicted molar refractivity (Wildman–Crippen MR) is 76.1 cm³/mol. The minimum absolute atomic E-state index is 0.330. The smallest absolute Gasteiger partial charge is 0.129 e. The molecule has 102 valence electrons. The van der Waals surface area contributed by atoms with Gasteiger partial charge < -0.3 is 15.0 Å². The minimum atomic E-state index is 0.330. The Balaban J connectivity index is 2.97. The predicted octanol–water partition coefficient (Wildman–Crippen LogP) is 1.97. The van der Waals surface area contributed by atoms with Gasteiger partial charge in [0, 0.05) is 25.9 Å². The number of anilines is 1. The lowest BCUT2D eigenvalue weighted by molar-refractivity contribution is 0.181. The van der Waals surface area contributed by atoms with Gasteiger partial charge in [0.1, 0.15) is 5.82 Å². The average molecular weight is 251 g/mol.